The first-order valence-corrected chi connectivity index (χ1v) is 6.50. The van der Waals surface area contributed by atoms with Crippen LogP contribution in [-0.2, 0) is 0 Å². The topological polar surface area (TPSA) is 25.2 Å². The molecule has 1 N–H and O–H groups in total. The van der Waals surface area contributed by atoms with Crippen LogP contribution in [0.5, 0.6) is 0 Å². The van der Waals surface area contributed by atoms with Gasteiger partial charge < -0.3 is 9.73 Å². The van der Waals surface area contributed by atoms with Gasteiger partial charge >= 0.3 is 0 Å². The maximum Gasteiger partial charge on any atom is 0.169 e. The van der Waals surface area contributed by atoms with Gasteiger partial charge in [0.25, 0.3) is 0 Å². The summed E-state index contributed by atoms with van der Waals surface area (Å²) >= 11 is 3.35. The fraction of sp³-hybridized carbons (Fsp3) is 0.667. The van der Waals surface area contributed by atoms with Gasteiger partial charge in [0, 0.05) is 12.0 Å². The molecule has 3 heteroatoms. The van der Waals surface area contributed by atoms with Crippen LogP contribution in [0.1, 0.15) is 38.4 Å². The lowest BCUT2D eigenvalue weighted by Crippen LogP contribution is -2.47. The van der Waals surface area contributed by atoms with E-state index in [0.717, 1.165) is 17.0 Å². The molecule has 1 fully saturated rings. The third kappa shape index (κ3) is 2.28. The van der Waals surface area contributed by atoms with Crippen molar-refractivity contribution in [2.45, 2.75) is 38.6 Å². The maximum absolute atomic E-state index is 5.60. The Morgan fingerprint density at radius 2 is 2.33 bits per heavy atom. The van der Waals surface area contributed by atoms with Crippen molar-refractivity contribution in [3.05, 3.63) is 22.6 Å². The first-order chi connectivity index (χ1) is 7.22. The van der Waals surface area contributed by atoms with Gasteiger partial charge in [0.1, 0.15) is 5.76 Å². The number of furan rings is 1. The fourth-order valence-electron chi connectivity index (χ4n) is 2.29. The first-order valence-electron chi connectivity index (χ1n) is 5.71. The van der Waals surface area contributed by atoms with Crippen LogP contribution in [0, 0.1) is 5.92 Å². The highest BCUT2D eigenvalue weighted by Gasteiger charge is 2.39. The number of hydrogen-bond donors (Lipinski definition) is 1. The lowest BCUT2D eigenvalue weighted by Gasteiger charge is -2.42. The molecular formula is C12H18BrNO. The van der Waals surface area contributed by atoms with Crippen molar-refractivity contribution in [2.24, 2.45) is 5.92 Å². The Hall–Kier alpha value is -0.280. The lowest BCUT2D eigenvalue weighted by atomic mass is 9.69. The van der Waals surface area contributed by atoms with E-state index in [1.165, 1.54) is 12.8 Å². The van der Waals surface area contributed by atoms with Crippen LogP contribution in [0.15, 0.2) is 21.2 Å². The zero-order valence-corrected chi connectivity index (χ0v) is 10.9. The monoisotopic (exact) mass is 271 g/mol. The quantitative estimate of drug-likeness (QED) is 0.907. The van der Waals surface area contributed by atoms with E-state index in [9.17, 15) is 0 Å². The Morgan fingerprint density at radius 3 is 2.87 bits per heavy atom. The fourth-order valence-corrected chi connectivity index (χ4v) is 2.61. The van der Waals surface area contributed by atoms with E-state index in [0.29, 0.717) is 17.9 Å². The third-order valence-electron chi connectivity index (χ3n) is 3.39. The summed E-state index contributed by atoms with van der Waals surface area (Å²) in [4.78, 5) is 0. The Morgan fingerprint density at radius 1 is 1.53 bits per heavy atom. The molecule has 1 aromatic heterocycles. The van der Waals surface area contributed by atoms with Gasteiger partial charge in [-0.15, -0.1) is 0 Å². The summed E-state index contributed by atoms with van der Waals surface area (Å²) in [6.07, 6.45) is 2.42. The molecule has 2 nitrogen and oxygen atoms in total. The summed E-state index contributed by atoms with van der Waals surface area (Å²) in [5.74, 6) is 2.42. The molecule has 3 atom stereocenters. The first kappa shape index (κ1) is 11.2. The molecule has 0 amide bonds. The molecular weight excluding hydrogens is 254 g/mol. The van der Waals surface area contributed by atoms with E-state index in [1.807, 2.05) is 6.07 Å². The Bertz CT molecular complexity index is 323. The molecule has 84 valence electrons. The maximum atomic E-state index is 5.60. The summed E-state index contributed by atoms with van der Waals surface area (Å²) in [5, 5.41) is 3.57. The molecule has 0 aliphatic heterocycles. The largest absolute Gasteiger partial charge is 0.454 e. The van der Waals surface area contributed by atoms with E-state index >= 15 is 0 Å². The number of hydrogen-bond acceptors (Lipinski definition) is 2. The summed E-state index contributed by atoms with van der Waals surface area (Å²) in [7, 11) is 0. The van der Waals surface area contributed by atoms with Crippen LogP contribution in [-0.4, -0.2) is 12.6 Å². The van der Waals surface area contributed by atoms with Gasteiger partial charge in [-0.2, -0.15) is 0 Å². The lowest BCUT2D eigenvalue weighted by molar-refractivity contribution is 0.162. The molecule has 0 radical (unpaired) electrons. The minimum Gasteiger partial charge on any atom is -0.454 e. The SMILES string of the molecule is CCCNC1CC(c2ccc(Br)o2)C1C. The molecule has 1 aromatic rings. The van der Waals surface area contributed by atoms with Crippen molar-refractivity contribution in [1.82, 2.24) is 5.32 Å². The van der Waals surface area contributed by atoms with Gasteiger partial charge in [0.2, 0.25) is 0 Å². The second kappa shape index (κ2) is 4.71. The van der Waals surface area contributed by atoms with Crippen LogP contribution in [0.4, 0.5) is 0 Å². The Kier molecular flexibility index (Phi) is 3.52. The second-order valence-corrected chi connectivity index (χ2v) is 5.19. The predicted molar refractivity (Wildman–Crippen MR) is 65.0 cm³/mol. The third-order valence-corrected chi connectivity index (χ3v) is 3.82. The molecule has 1 heterocycles. The minimum absolute atomic E-state index is 0.602. The summed E-state index contributed by atoms with van der Waals surface area (Å²) in [6, 6.07) is 4.75. The van der Waals surface area contributed by atoms with Crippen molar-refractivity contribution in [3.63, 3.8) is 0 Å². The van der Waals surface area contributed by atoms with E-state index in [1.54, 1.807) is 0 Å². The molecule has 1 aliphatic carbocycles. The molecule has 15 heavy (non-hydrogen) atoms. The molecule has 0 spiro atoms. The second-order valence-electron chi connectivity index (χ2n) is 4.40. The molecule has 1 aliphatic rings. The van der Waals surface area contributed by atoms with Crippen molar-refractivity contribution in [3.8, 4) is 0 Å². The van der Waals surface area contributed by atoms with Crippen molar-refractivity contribution >= 4 is 15.9 Å². The van der Waals surface area contributed by atoms with Gasteiger partial charge in [-0.25, -0.2) is 0 Å². The molecule has 2 rings (SSSR count). The van der Waals surface area contributed by atoms with E-state index in [4.69, 9.17) is 4.42 Å². The van der Waals surface area contributed by atoms with Crippen molar-refractivity contribution in [1.29, 1.82) is 0 Å². The van der Waals surface area contributed by atoms with Gasteiger partial charge in [0.05, 0.1) is 0 Å². The van der Waals surface area contributed by atoms with Gasteiger partial charge in [-0.05, 0) is 53.4 Å². The summed E-state index contributed by atoms with van der Waals surface area (Å²) in [6.45, 7) is 5.64. The van der Waals surface area contributed by atoms with Gasteiger partial charge in [0.15, 0.2) is 4.67 Å². The molecule has 0 aromatic carbocycles. The zero-order valence-electron chi connectivity index (χ0n) is 9.29. The number of nitrogens with one attached hydrogen (secondary N) is 1. The Labute approximate surface area is 99.6 Å². The summed E-state index contributed by atoms with van der Waals surface area (Å²) < 4.78 is 6.44. The minimum atomic E-state index is 0.602. The van der Waals surface area contributed by atoms with Gasteiger partial charge in [-0.3, -0.25) is 0 Å². The Balaban J connectivity index is 1.88. The average molecular weight is 272 g/mol. The zero-order chi connectivity index (χ0) is 10.8. The van der Waals surface area contributed by atoms with E-state index in [-0.39, 0.29) is 0 Å². The highest BCUT2D eigenvalue weighted by Crippen LogP contribution is 2.43. The highest BCUT2D eigenvalue weighted by molar-refractivity contribution is 9.10. The molecule has 3 unspecified atom stereocenters. The predicted octanol–water partition coefficient (Wildman–Crippen LogP) is 3.53. The average Bonchev–Trinajstić information content (AvgIpc) is 2.62. The van der Waals surface area contributed by atoms with Crippen LogP contribution in [0.2, 0.25) is 0 Å². The van der Waals surface area contributed by atoms with Crippen molar-refractivity contribution < 1.29 is 4.42 Å². The van der Waals surface area contributed by atoms with Crippen LogP contribution < -0.4 is 5.32 Å². The molecule has 0 saturated heterocycles. The van der Waals surface area contributed by atoms with E-state index in [2.05, 4.69) is 41.2 Å². The molecule has 1 saturated carbocycles. The summed E-state index contributed by atoms with van der Waals surface area (Å²) in [5.41, 5.74) is 0. The van der Waals surface area contributed by atoms with Crippen molar-refractivity contribution in [2.75, 3.05) is 6.54 Å². The number of halogens is 1. The molecule has 0 bridgehead atoms. The highest BCUT2D eigenvalue weighted by atomic mass is 79.9. The van der Waals surface area contributed by atoms with Crippen LogP contribution in [0.25, 0.3) is 0 Å². The van der Waals surface area contributed by atoms with Gasteiger partial charge in [-0.1, -0.05) is 13.8 Å². The smallest absolute Gasteiger partial charge is 0.169 e. The standard InChI is InChI=1S/C12H18BrNO/c1-3-6-14-10-7-9(8(10)2)11-4-5-12(13)15-11/h4-5,8-10,14H,3,6-7H2,1-2H3. The van der Waals surface area contributed by atoms with E-state index < -0.39 is 0 Å². The normalized spacial score (nSPS) is 30.2. The van der Waals surface area contributed by atoms with Crippen LogP contribution in [0.3, 0.4) is 0 Å². The van der Waals surface area contributed by atoms with Crippen LogP contribution >= 0.6 is 15.9 Å². The number of rotatable bonds is 4.